The average Bonchev–Trinajstić information content (AvgIpc) is 2.60. The normalized spacial score (nSPS) is 12.9. The number of ether oxygens (including phenoxy) is 2. The van der Waals surface area contributed by atoms with Crippen LogP contribution in [0.5, 0.6) is 11.5 Å². The summed E-state index contributed by atoms with van der Waals surface area (Å²) in [5, 5.41) is 0.838. The van der Waals surface area contributed by atoms with E-state index in [0.717, 1.165) is 35.9 Å². The highest BCUT2D eigenvalue weighted by atomic mass is 28.4. The zero-order valence-corrected chi connectivity index (χ0v) is 21.0. The summed E-state index contributed by atoms with van der Waals surface area (Å²) < 4.78 is 31.5. The fourth-order valence-corrected chi connectivity index (χ4v) is 5.54. The molecular formula is C23H42O5Si. The van der Waals surface area contributed by atoms with Gasteiger partial charge in [0, 0.05) is 19.8 Å². The third-order valence-electron chi connectivity index (χ3n) is 3.61. The molecule has 0 amide bonds. The molecule has 0 bridgehead atoms. The Morgan fingerprint density at radius 2 is 1.14 bits per heavy atom. The summed E-state index contributed by atoms with van der Waals surface area (Å²) in [6.07, 6.45) is 2.65. The molecule has 0 aliphatic rings. The largest absolute Gasteiger partial charge is 0.541 e. The van der Waals surface area contributed by atoms with Crippen molar-refractivity contribution < 1.29 is 22.8 Å². The Morgan fingerprint density at radius 1 is 0.690 bits per heavy atom. The van der Waals surface area contributed by atoms with E-state index in [1.165, 1.54) is 0 Å². The highest BCUT2D eigenvalue weighted by Crippen LogP contribution is 2.27. The molecule has 168 valence electrons. The SMILES string of the molecule is CCCO[Si](OCCC)(OCCC)c1cc(OC(C)(C)C)ccc1OC(C)(C)C. The lowest BCUT2D eigenvalue weighted by atomic mass is 10.2. The maximum absolute atomic E-state index is 6.37. The summed E-state index contributed by atoms with van der Waals surface area (Å²) in [6, 6.07) is 5.87. The second-order valence-corrected chi connectivity index (χ2v) is 11.7. The van der Waals surface area contributed by atoms with Crippen LogP contribution in [0, 0.1) is 0 Å². The van der Waals surface area contributed by atoms with Crippen LogP contribution in [-0.2, 0) is 13.3 Å². The van der Waals surface area contributed by atoms with Gasteiger partial charge in [-0.1, -0.05) is 20.8 Å². The first-order valence-electron chi connectivity index (χ1n) is 10.9. The molecule has 1 aromatic carbocycles. The summed E-state index contributed by atoms with van der Waals surface area (Å²) in [5.41, 5.74) is -0.672. The van der Waals surface area contributed by atoms with E-state index in [1.807, 2.05) is 59.7 Å². The summed E-state index contributed by atoms with van der Waals surface area (Å²) in [4.78, 5) is 0. The van der Waals surface area contributed by atoms with Gasteiger partial charge in [-0.2, -0.15) is 0 Å². The molecule has 0 spiro atoms. The van der Waals surface area contributed by atoms with Gasteiger partial charge in [-0.25, -0.2) is 0 Å². The van der Waals surface area contributed by atoms with Crippen LogP contribution in [0.1, 0.15) is 81.6 Å². The van der Waals surface area contributed by atoms with Gasteiger partial charge in [-0.05, 0) is 79.0 Å². The molecule has 0 saturated heterocycles. The molecule has 29 heavy (non-hydrogen) atoms. The van der Waals surface area contributed by atoms with Gasteiger partial charge in [-0.15, -0.1) is 0 Å². The molecular weight excluding hydrogens is 384 g/mol. The van der Waals surface area contributed by atoms with Crippen molar-refractivity contribution in [2.75, 3.05) is 19.8 Å². The number of rotatable bonds is 12. The first-order valence-corrected chi connectivity index (χ1v) is 12.6. The smallest absolute Gasteiger partial charge is 0.488 e. The average molecular weight is 427 g/mol. The van der Waals surface area contributed by atoms with Crippen LogP contribution in [0.2, 0.25) is 0 Å². The quantitative estimate of drug-likeness (QED) is 0.415. The summed E-state index contributed by atoms with van der Waals surface area (Å²) in [5.74, 6) is 1.49. The van der Waals surface area contributed by atoms with Crippen LogP contribution < -0.4 is 14.7 Å². The van der Waals surface area contributed by atoms with Gasteiger partial charge in [0.1, 0.15) is 22.7 Å². The predicted octanol–water partition coefficient (Wildman–Crippen LogP) is 5.47. The van der Waals surface area contributed by atoms with Gasteiger partial charge in [-0.3, -0.25) is 0 Å². The van der Waals surface area contributed by atoms with Gasteiger partial charge in [0.25, 0.3) is 0 Å². The number of hydrogen-bond acceptors (Lipinski definition) is 5. The van der Waals surface area contributed by atoms with Crippen molar-refractivity contribution in [2.24, 2.45) is 0 Å². The van der Waals surface area contributed by atoms with Crippen LogP contribution >= 0.6 is 0 Å². The van der Waals surface area contributed by atoms with E-state index in [4.69, 9.17) is 22.8 Å². The molecule has 0 aliphatic heterocycles. The molecule has 6 heteroatoms. The van der Waals surface area contributed by atoms with Crippen LogP contribution in [0.4, 0.5) is 0 Å². The molecule has 0 saturated carbocycles. The molecule has 0 heterocycles. The lowest BCUT2D eigenvalue weighted by Gasteiger charge is -2.33. The first-order chi connectivity index (χ1) is 13.5. The van der Waals surface area contributed by atoms with Crippen molar-refractivity contribution in [1.29, 1.82) is 0 Å². The van der Waals surface area contributed by atoms with Gasteiger partial charge in [0.2, 0.25) is 0 Å². The Bertz CT molecular complexity index is 582. The standard InChI is InChI=1S/C23H42O5Si/c1-10-15-24-29(25-16-11-2,26-17-12-3)21-18-19(27-22(4,5)6)13-14-20(21)28-23(7,8)9/h13-14,18H,10-12,15-17H2,1-9H3. The number of hydrogen-bond donors (Lipinski definition) is 0. The Labute approximate surface area is 179 Å². The second-order valence-electron chi connectivity index (χ2n) is 9.19. The lowest BCUT2D eigenvalue weighted by Crippen LogP contribution is -2.58. The van der Waals surface area contributed by atoms with Gasteiger partial charge < -0.3 is 22.8 Å². The maximum Gasteiger partial charge on any atom is 0.541 e. The van der Waals surface area contributed by atoms with Crippen LogP contribution in [-0.4, -0.2) is 39.8 Å². The van der Waals surface area contributed by atoms with E-state index in [0.29, 0.717) is 19.8 Å². The van der Waals surface area contributed by atoms with Crippen LogP contribution in [0.3, 0.4) is 0 Å². The fourth-order valence-electron chi connectivity index (χ4n) is 2.65. The van der Waals surface area contributed by atoms with Crippen LogP contribution in [0.15, 0.2) is 18.2 Å². The van der Waals surface area contributed by atoms with Crippen molar-refractivity contribution in [3.8, 4) is 11.5 Å². The molecule has 0 aromatic heterocycles. The monoisotopic (exact) mass is 426 g/mol. The minimum absolute atomic E-state index is 0.313. The first kappa shape index (κ1) is 26.0. The highest BCUT2D eigenvalue weighted by molar-refractivity contribution is 6.76. The Morgan fingerprint density at radius 3 is 1.52 bits per heavy atom. The molecule has 0 unspecified atom stereocenters. The van der Waals surface area contributed by atoms with Crippen LogP contribution in [0.25, 0.3) is 0 Å². The minimum atomic E-state index is -3.19. The summed E-state index contributed by atoms with van der Waals surface area (Å²) in [7, 11) is -3.19. The molecule has 1 aromatic rings. The lowest BCUT2D eigenvalue weighted by molar-refractivity contribution is 0.0705. The van der Waals surface area contributed by atoms with Crippen molar-refractivity contribution in [2.45, 2.75) is 92.8 Å². The third-order valence-corrected chi connectivity index (χ3v) is 6.41. The van der Waals surface area contributed by atoms with Crippen molar-refractivity contribution >= 4 is 14.0 Å². The van der Waals surface area contributed by atoms with E-state index in [2.05, 4.69) is 20.8 Å². The van der Waals surface area contributed by atoms with E-state index in [1.54, 1.807) is 0 Å². The Kier molecular flexibility index (Phi) is 10.2. The molecule has 0 aliphatic carbocycles. The van der Waals surface area contributed by atoms with E-state index >= 15 is 0 Å². The topological polar surface area (TPSA) is 46.2 Å². The third kappa shape index (κ3) is 9.07. The molecule has 1 rings (SSSR count). The molecule has 0 radical (unpaired) electrons. The highest BCUT2D eigenvalue weighted by Gasteiger charge is 2.47. The minimum Gasteiger partial charge on any atom is -0.488 e. The maximum atomic E-state index is 6.37. The molecule has 0 N–H and O–H groups in total. The van der Waals surface area contributed by atoms with Crippen molar-refractivity contribution in [1.82, 2.24) is 0 Å². The van der Waals surface area contributed by atoms with Gasteiger partial charge in [0.15, 0.2) is 0 Å². The van der Waals surface area contributed by atoms with Crippen molar-refractivity contribution in [3.63, 3.8) is 0 Å². The Balaban J connectivity index is 3.57. The molecule has 0 fully saturated rings. The predicted molar refractivity (Wildman–Crippen MR) is 121 cm³/mol. The van der Waals surface area contributed by atoms with Gasteiger partial charge in [0.05, 0.1) is 5.19 Å². The molecule has 5 nitrogen and oxygen atoms in total. The van der Waals surface area contributed by atoms with E-state index in [-0.39, 0.29) is 11.2 Å². The zero-order valence-electron chi connectivity index (χ0n) is 20.0. The van der Waals surface area contributed by atoms with E-state index in [9.17, 15) is 0 Å². The zero-order chi connectivity index (χ0) is 22.1. The van der Waals surface area contributed by atoms with E-state index < -0.39 is 8.80 Å². The number of benzene rings is 1. The Hall–Kier alpha value is -1.08. The van der Waals surface area contributed by atoms with Gasteiger partial charge >= 0.3 is 8.80 Å². The fraction of sp³-hybridized carbons (Fsp3) is 0.739. The summed E-state index contributed by atoms with van der Waals surface area (Å²) in [6.45, 7) is 20.2. The second kappa shape index (κ2) is 11.3. The molecule has 0 atom stereocenters. The summed E-state index contributed by atoms with van der Waals surface area (Å²) >= 11 is 0. The van der Waals surface area contributed by atoms with Crippen molar-refractivity contribution in [3.05, 3.63) is 18.2 Å².